The molecule has 9 aromatic carbocycles. The maximum Gasteiger partial charge on any atom is 0.135 e. The average Bonchev–Trinajstić information content (AvgIpc) is 3.41. The Hall–Kier alpha value is -6.44. The van der Waals surface area contributed by atoms with Gasteiger partial charge in [-0.15, -0.1) is 0 Å². The number of benzene rings is 9. The minimum Gasteiger partial charge on any atom is -0.456 e. The summed E-state index contributed by atoms with van der Waals surface area (Å²) in [6.07, 6.45) is 0. The van der Waals surface area contributed by atoms with E-state index in [1.165, 1.54) is 93.5 Å². The summed E-state index contributed by atoms with van der Waals surface area (Å²) in [5.74, 6) is 1.81. The fourth-order valence-corrected chi connectivity index (χ4v) is 9.05. The zero-order chi connectivity index (χ0) is 34.6. The van der Waals surface area contributed by atoms with Crippen LogP contribution in [0, 0.1) is 0 Å². The van der Waals surface area contributed by atoms with Crippen molar-refractivity contribution in [2.24, 2.45) is 0 Å². The number of ether oxygens (including phenoxy) is 1. The monoisotopic (exact) mass is 662 g/mol. The van der Waals surface area contributed by atoms with Crippen LogP contribution in [0.25, 0.3) is 88.0 Å². The first-order chi connectivity index (χ1) is 25.5. The predicted octanol–water partition coefficient (Wildman–Crippen LogP) is 14.2. The van der Waals surface area contributed by atoms with E-state index in [-0.39, 0.29) is 5.41 Å². The van der Waals surface area contributed by atoms with E-state index in [4.69, 9.17) is 4.74 Å². The summed E-state index contributed by atoms with van der Waals surface area (Å²) in [5.41, 5.74) is 15.1. The van der Waals surface area contributed by atoms with Crippen LogP contribution in [0.4, 0.5) is 0 Å². The summed E-state index contributed by atoms with van der Waals surface area (Å²) in [5, 5.41) is 7.47. The molecule has 0 saturated heterocycles. The molecule has 0 saturated carbocycles. The van der Waals surface area contributed by atoms with Crippen molar-refractivity contribution >= 4 is 32.3 Å². The topological polar surface area (TPSA) is 9.23 Å². The lowest BCUT2D eigenvalue weighted by atomic mass is 9.80. The van der Waals surface area contributed by atoms with Crippen LogP contribution in [0.2, 0.25) is 0 Å². The second kappa shape index (κ2) is 10.8. The van der Waals surface area contributed by atoms with Gasteiger partial charge in [0.2, 0.25) is 0 Å². The molecule has 9 aromatic rings. The molecule has 0 N–H and O–H groups in total. The zero-order valence-electron chi connectivity index (χ0n) is 29.1. The molecule has 0 atom stereocenters. The van der Waals surface area contributed by atoms with Crippen LogP contribution >= 0.6 is 0 Å². The highest BCUT2D eigenvalue weighted by Crippen LogP contribution is 2.53. The Morgan fingerprint density at radius 2 is 0.962 bits per heavy atom. The van der Waals surface area contributed by atoms with Crippen molar-refractivity contribution in [3.63, 3.8) is 0 Å². The fraction of sp³-hybridized carbons (Fsp3) is 0.0588. The summed E-state index contributed by atoms with van der Waals surface area (Å²) in [6.45, 7) is 4.75. The van der Waals surface area contributed by atoms with Gasteiger partial charge in [0.15, 0.2) is 0 Å². The van der Waals surface area contributed by atoms with Crippen molar-refractivity contribution in [2.45, 2.75) is 19.3 Å². The van der Waals surface area contributed by atoms with E-state index in [2.05, 4.69) is 184 Å². The van der Waals surface area contributed by atoms with Gasteiger partial charge in [-0.1, -0.05) is 147 Å². The maximum atomic E-state index is 6.59. The van der Waals surface area contributed by atoms with E-state index in [1.54, 1.807) is 0 Å². The van der Waals surface area contributed by atoms with E-state index in [9.17, 15) is 0 Å². The molecule has 0 aromatic heterocycles. The Balaban J connectivity index is 1.05. The second-order valence-corrected chi connectivity index (χ2v) is 14.9. The van der Waals surface area contributed by atoms with Gasteiger partial charge in [-0.25, -0.2) is 0 Å². The van der Waals surface area contributed by atoms with E-state index in [0.717, 1.165) is 17.1 Å². The molecule has 1 heterocycles. The smallest absolute Gasteiger partial charge is 0.135 e. The van der Waals surface area contributed by atoms with Gasteiger partial charge >= 0.3 is 0 Å². The zero-order valence-corrected chi connectivity index (χ0v) is 29.1. The lowest BCUT2D eigenvalue weighted by Gasteiger charge is -2.24. The number of fused-ring (bicyclic) bond motifs is 7. The first-order valence-electron chi connectivity index (χ1n) is 18.2. The molecule has 0 amide bonds. The SMILES string of the molecule is CC1(C)c2cc(-c3ccc(-c4ccc5c6c(cccc46)-c4cc(-c6ccccc6)ccc4O5)c4ccccc34)ccc2-c2cc3ccccc3cc21. The Kier molecular flexibility index (Phi) is 6.08. The van der Waals surface area contributed by atoms with Crippen molar-refractivity contribution in [1.82, 2.24) is 0 Å². The quantitative estimate of drug-likeness (QED) is 0.183. The highest BCUT2D eigenvalue weighted by atomic mass is 16.5. The molecule has 0 bridgehead atoms. The second-order valence-electron chi connectivity index (χ2n) is 14.9. The number of hydrogen-bond acceptors (Lipinski definition) is 1. The first-order valence-corrected chi connectivity index (χ1v) is 18.2. The van der Waals surface area contributed by atoms with Crippen LogP contribution < -0.4 is 4.74 Å². The highest BCUT2D eigenvalue weighted by Gasteiger charge is 2.36. The summed E-state index contributed by atoms with van der Waals surface area (Å²) < 4.78 is 6.59. The lowest BCUT2D eigenvalue weighted by Crippen LogP contribution is -2.15. The largest absolute Gasteiger partial charge is 0.456 e. The van der Waals surface area contributed by atoms with Gasteiger partial charge in [-0.2, -0.15) is 0 Å². The van der Waals surface area contributed by atoms with Crippen LogP contribution in [0.3, 0.4) is 0 Å². The number of rotatable bonds is 3. The molecule has 244 valence electrons. The van der Waals surface area contributed by atoms with E-state index >= 15 is 0 Å². The Labute approximate surface area is 303 Å². The molecule has 11 rings (SSSR count). The van der Waals surface area contributed by atoms with E-state index in [1.807, 2.05) is 0 Å². The average molecular weight is 663 g/mol. The van der Waals surface area contributed by atoms with Gasteiger partial charge in [0.1, 0.15) is 11.5 Å². The van der Waals surface area contributed by atoms with Crippen molar-refractivity contribution in [2.75, 3.05) is 0 Å². The van der Waals surface area contributed by atoms with Gasteiger partial charge in [-0.3, -0.25) is 0 Å². The van der Waals surface area contributed by atoms with Gasteiger partial charge < -0.3 is 4.74 Å². The van der Waals surface area contributed by atoms with Crippen LogP contribution in [-0.2, 0) is 5.41 Å². The Bertz CT molecular complexity index is 2950. The first kappa shape index (κ1) is 29.3. The molecule has 0 radical (unpaired) electrons. The molecule has 1 aliphatic heterocycles. The molecule has 0 unspecified atom stereocenters. The summed E-state index contributed by atoms with van der Waals surface area (Å²) in [7, 11) is 0. The molecule has 52 heavy (non-hydrogen) atoms. The molecule has 1 aliphatic carbocycles. The highest BCUT2D eigenvalue weighted by molar-refractivity contribution is 6.14. The summed E-state index contributed by atoms with van der Waals surface area (Å²) in [6, 6.07) is 62.4. The van der Waals surface area contributed by atoms with Crippen LogP contribution in [0.15, 0.2) is 170 Å². The maximum absolute atomic E-state index is 6.59. The van der Waals surface area contributed by atoms with Crippen molar-refractivity contribution in [1.29, 1.82) is 0 Å². The molecule has 1 heteroatoms. The standard InChI is InChI=1S/C51H34O/c1-51(2)46-30-35(19-21-41(46)44-27-32-13-6-7-14-33(32)29-47(44)51)36-22-23-39(38-16-9-8-15-37(36)38)40-24-26-49-50-42(40)17-10-18-43(50)45-28-34(20-25-48(45)52-49)31-11-4-3-5-12-31/h3-30H,1-2H3. The summed E-state index contributed by atoms with van der Waals surface area (Å²) >= 11 is 0. The molecular weight excluding hydrogens is 629 g/mol. The fourth-order valence-electron chi connectivity index (χ4n) is 9.05. The van der Waals surface area contributed by atoms with Gasteiger partial charge in [0.05, 0.1) is 0 Å². The summed E-state index contributed by atoms with van der Waals surface area (Å²) in [4.78, 5) is 0. The van der Waals surface area contributed by atoms with Crippen LogP contribution in [0.1, 0.15) is 25.0 Å². The van der Waals surface area contributed by atoms with Gasteiger partial charge in [0.25, 0.3) is 0 Å². The minimum absolute atomic E-state index is 0.0909. The third-order valence-electron chi connectivity index (χ3n) is 11.7. The molecule has 2 aliphatic rings. The Morgan fingerprint density at radius 3 is 1.81 bits per heavy atom. The van der Waals surface area contributed by atoms with Crippen molar-refractivity contribution in [3.8, 4) is 67.1 Å². The third kappa shape index (κ3) is 4.17. The Morgan fingerprint density at radius 1 is 0.346 bits per heavy atom. The molecular formula is C51H34O. The van der Waals surface area contributed by atoms with E-state index in [0.29, 0.717) is 0 Å². The molecule has 0 fully saturated rings. The van der Waals surface area contributed by atoms with Crippen molar-refractivity contribution < 1.29 is 4.74 Å². The van der Waals surface area contributed by atoms with Gasteiger partial charge in [-0.05, 0) is 125 Å². The van der Waals surface area contributed by atoms with Crippen LogP contribution in [0.5, 0.6) is 11.5 Å². The van der Waals surface area contributed by atoms with Crippen LogP contribution in [-0.4, -0.2) is 0 Å². The lowest BCUT2D eigenvalue weighted by molar-refractivity contribution is 0.487. The predicted molar refractivity (Wildman–Crippen MR) is 218 cm³/mol. The van der Waals surface area contributed by atoms with Gasteiger partial charge in [0, 0.05) is 16.4 Å². The van der Waals surface area contributed by atoms with E-state index < -0.39 is 0 Å². The number of hydrogen-bond donors (Lipinski definition) is 0. The third-order valence-corrected chi connectivity index (χ3v) is 11.7. The molecule has 1 nitrogen and oxygen atoms in total. The minimum atomic E-state index is -0.0909. The normalized spacial score (nSPS) is 13.5. The molecule has 0 spiro atoms. The van der Waals surface area contributed by atoms with Crippen molar-refractivity contribution in [3.05, 3.63) is 181 Å².